The molecule has 4 nitrogen and oxygen atoms in total. The molecular formula is C15H28N4. The van der Waals surface area contributed by atoms with Gasteiger partial charge in [-0.2, -0.15) is 5.10 Å². The lowest BCUT2D eigenvalue weighted by Gasteiger charge is -2.31. The Bertz CT molecular complexity index is 377. The van der Waals surface area contributed by atoms with E-state index in [9.17, 15) is 0 Å². The monoisotopic (exact) mass is 264 g/mol. The number of nitrogens with zero attached hydrogens (tertiary/aromatic N) is 3. The maximum absolute atomic E-state index is 4.64. The molecule has 0 amide bonds. The number of aromatic nitrogens is 2. The number of likely N-dealkylation sites (tertiary alicyclic amines) is 1. The van der Waals surface area contributed by atoms with Crippen molar-refractivity contribution >= 4 is 0 Å². The smallest absolute Gasteiger partial charge is 0.0625 e. The van der Waals surface area contributed by atoms with Gasteiger partial charge in [0.05, 0.1) is 11.4 Å². The molecule has 0 aromatic carbocycles. The molecule has 0 atom stereocenters. The topological polar surface area (TPSA) is 33.1 Å². The molecule has 1 aliphatic rings. The fraction of sp³-hybridized carbons (Fsp3) is 0.800. The molecule has 0 unspecified atom stereocenters. The van der Waals surface area contributed by atoms with E-state index >= 15 is 0 Å². The van der Waals surface area contributed by atoms with E-state index in [4.69, 9.17) is 0 Å². The largest absolute Gasteiger partial charge is 0.319 e. The van der Waals surface area contributed by atoms with Crippen LogP contribution in [-0.2, 0) is 19.5 Å². The lowest BCUT2D eigenvalue weighted by molar-refractivity contribution is 0.172. The molecule has 4 heteroatoms. The maximum atomic E-state index is 4.64. The molecular weight excluding hydrogens is 236 g/mol. The van der Waals surface area contributed by atoms with Crippen LogP contribution in [0, 0.1) is 5.92 Å². The molecule has 108 valence electrons. The van der Waals surface area contributed by atoms with Gasteiger partial charge in [0.15, 0.2) is 0 Å². The van der Waals surface area contributed by atoms with Crippen LogP contribution in [0.2, 0.25) is 0 Å². The summed E-state index contributed by atoms with van der Waals surface area (Å²) in [6.07, 6.45) is 3.67. The molecule has 0 radical (unpaired) electrons. The molecule has 1 N–H and O–H groups in total. The molecule has 1 fully saturated rings. The molecule has 1 aromatic heterocycles. The third-order valence-corrected chi connectivity index (χ3v) is 4.16. The molecule has 0 saturated carbocycles. The molecule has 0 aliphatic carbocycles. The Morgan fingerprint density at radius 3 is 2.63 bits per heavy atom. The Morgan fingerprint density at radius 1 is 1.32 bits per heavy atom. The molecule has 0 spiro atoms. The van der Waals surface area contributed by atoms with Crippen LogP contribution in [0.5, 0.6) is 0 Å². The lowest BCUT2D eigenvalue weighted by Crippen LogP contribution is -2.36. The van der Waals surface area contributed by atoms with Gasteiger partial charge in [-0.05, 0) is 64.9 Å². The van der Waals surface area contributed by atoms with Crippen LogP contribution in [0.25, 0.3) is 0 Å². The van der Waals surface area contributed by atoms with Crippen molar-refractivity contribution in [2.75, 3.05) is 26.7 Å². The summed E-state index contributed by atoms with van der Waals surface area (Å²) in [6, 6.07) is 2.28. The van der Waals surface area contributed by atoms with E-state index in [0.717, 1.165) is 25.4 Å². The highest BCUT2D eigenvalue weighted by Gasteiger charge is 2.19. The van der Waals surface area contributed by atoms with Gasteiger partial charge >= 0.3 is 0 Å². The molecule has 1 aromatic rings. The van der Waals surface area contributed by atoms with Crippen molar-refractivity contribution in [3.8, 4) is 0 Å². The minimum absolute atomic E-state index is 0.864. The number of hydrogen-bond donors (Lipinski definition) is 1. The third-order valence-electron chi connectivity index (χ3n) is 4.16. The Morgan fingerprint density at radius 2 is 2.05 bits per heavy atom. The first-order chi connectivity index (χ1) is 9.26. The van der Waals surface area contributed by atoms with Gasteiger partial charge in [-0.1, -0.05) is 6.92 Å². The Hall–Kier alpha value is -0.870. The van der Waals surface area contributed by atoms with Gasteiger partial charge in [0, 0.05) is 13.1 Å². The van der Waals surface area contributed by atoms with Gasteiger partial charge in [0.25, 0.3) is 0 Å². The predicted octanol–water partition coefficient (Wildman–Crippen LogP) is 1.90. The second-order valence-electron chi connectivity index (χ2n) is 5.57. The van der Waals surface area contributed by atoms with E-state index < -0.39 is 0 Å². The van der Waals surface area contributed by atoms with Crippen LogP contribution >= 0.6 is 0 Å². The van der Waals surface area contributed by atoms with Gasteiger partial charge in [-0.15, -0.1) is 0 Å². The highest BCUT2D eigenvalue weighted by molar-refractivity contribution is 5.10. The Labute approximate surface area is 117 Å². The zero-order valence-electron chi connectivity index (χ0n) is 12.7. The van der Waals surface area contributed by atoms with Crippen molar-refractivity contribution in [1.82, 2.24) is 20.0 Å². The van der Waals surface area contributed by atoms with E-state index in [0.29, 0.717) is 0 Å². The van der Waals surface area contributed by atoms with Crippen molar-refractivity contribution in [1.29, 1.82) is 0 Å². The molecule has 1 aliphatic heterocycles. The van der Waals surface area contributed by atoms with Gasteiger partial charge in [0.1, 0.15) is 0 Å². The summed E-state index contributed by atoms with van der Waals surface area (Å²) >= 11 is 0. The number of aryl methyl sites for hydroxylation is 2. The number of nitrogens with one attached hydrogen (secondary N) is 1. The Kier molecular flexibility index (Phi) is 5.40. The second kappa shape index (κ2) is 7.06. The molecule has 0 bridgehead atoms. The lowest BCUT2D eigenvalue weighted by atomic mass is 9.97. The van der Waals surface area contributed by atoms with Crippen LogP contribution in [0.3, 0.4) is 0 Å². The fourth-order valence-corrected chi connectivity index (χ4v) is 2.96. The third kappa shape index (κ3) is 3.80. The van der Waals surface area contributed by atoms with E-state index in [1.54, 1.807) is 0 Å². The Balaban J connectivity index is 1.89. The summed E-state index contributed by atoms with van der Waals surface area (Å²) in [6.45, 7) is 10.0. The fourth-order valence-electron chi connectivity index (χ4n) is 2.96. The number of rotatable bonds is 6. The summed E-state index contributed by atoms with van der Waals surface area (Å²) in [5.74, 6) is 0.864. The number of piperidine rings is 1. The van der Waals surface area contributed by atoms with Gasteiger partial charge in [-0.3, -0.25) is 9.58 Å². The molecule has 2 rings (SSSR count). The van der Waals surface area contributed by atoms with E-state index in [2.05, 4.69) is 47.0 Å². The minimum Gasteiger partial charge on any atom is -0.319 e. The van der Waals surface area contributed by atoms with Crippen molar-refractivity contribution in [2.45, 2.75) is 46.2 Å². The molecule has 19 heavy (non-hydrogen) atoms. The average molecular weight is 264 g/mol. The van der Waals surface area contributed by atoms with Gasteiger partial charge in [-0.25, -0.2) is 0 Å². The highest BCUT2D eigenvalue weighted by atomic mass is 15.3. The zero-order valence-corrected chi connectivity index (χ0v) is 12.7. The first-order valence-corrected chi connectivity index (χ1v) is 7.69. The summed E-state index contributed by atoms with van der Waals surface area (Å²) in [5, 5.41) is 7.94. The van der Waals surface area contributed by atoms with E-state index in [-0.39, 0.29) is 0 Å². The minimum atomic E-state index is 0.864. The van der Waals surface area contributed by atoms with Crippen LogP contribution in [0.15, 0.2) is 6.07 Å². The first kappa shape index (κ1) is 14.5. The van der Waals surface area contributed by atoms with Crippen molar-refractivity contribution in [3.05, 3.63) is 17.5 Å². The summed E-state index contributed by atoms with van der Waals surface area (Å²) in [5.41, 5.74) is 2.60. The van der Waals surface area contributed by atoms with Crippen LogP contribution in [0.1, 0.15) is 38.1 Å². The van der Waals surface area contributed by atoms with Crippen molar-refractivity contribution in [3.63, 3.8) is 0 Å². The van der Waals surface area contributed by atoms with Crippen molar-refractivity contribution < 1.29 is 0 Å². The zero-order chi connectivity index (χ0) is 13.7. The average Bonchev–Trinajstić information content (AvgIpc) is 2.83. The van der Waals surface area contributed by atoms with Crippen LogP contribution in [-0.4, -0.2) is 41.4 Å². The summed E-state index contributed by atoms with van der Waals surface area (Å²) in [7, 11) is 2.05. The van der Waals surface area contributed by atoms with Crippen molar-refractivity contribution in [2.24, 2.45) is 5.92 Å². The predicted molar refractivity (Wildman–Crippen MR) is 79.2 cm³/mol. The van der Waals surface area contributed by atoms with Crippen LogP contribution < -0.4 is 5.32 Å². The molecule has 2 heterocycles. The molecule has 1 saturated heterocycles. The van der Waals surface area contributed by atoms with E-state index in [1.807, 2.05) is 0 Å². The summed E-state index contributed by atoms with van der Waals surface area (Å²) < 4.78 is 2.17. The van der Waals surface area contributed by atoms with E-state index in [1.165, 1.54) is 43.9 Å². The number of hydrogen-bond acceptors (Lipinski definition) is 3. The SMILES string of the molecule is CCc1cc(CN2CCC(CNC)CC2)n(CC)n1. The highest BCUT2D eigenvalue weighted by Crippen LogP contribution is 2.18. The maximum Gasteiger partial charge on any atom is 0.0625 e. The normalized spacial score (nSPS) is 18.1. The summed E-state index contributed by atoms with van der Waals surface area (Å²) in [4.78, 5) is 2.58. The van der Waals surface area contributed by atoms with Gasteiger partial charge < -0.3 is 5.32 Å². The quantitative estimate of drug-likeness (QED) is 0.852. The van der Waals surface area contributed by atoms with Crippen LogP contribution in [0.4, 0.5) is 0 Å². The second-order valence-corrected chi connectivity index (χ2v) is 5.57. The first-order valence-electron chi connectivity index (χ1n) is 7.69. The standard InChI is InChI=1S/C15H28N4/c1-4-14-10-15(19(5-2)17-14)12-18-8-6-13(7-9-18)11-16-3/h10,13,16H,4-9,11-12H2,1-3H3. The van der Waals surface area contributed by atoms with Gasteiger partial charge in [0.2, 0.25) is 0 Å².